The highest BCUT2D eigenvalue weighted by Crippen LogP contribution is 2.18. The predicted octanol–water partition coefficient (Wildman–Crippen LogP) is 2.52. The molecular formula is C17H23N3O2. The number of pyridine rings is 1. The summed E-state index contributed by atoms with van der Waals surface area (Å²) in [4.78, 5) is 24.9. The fourth-order valence-electron chi connectivity index (χ4n) is 2.56. The first-order chi connectivity index (χ1) is 10.6. The number of anilines is 1. The second-order valence-corrected chi connectivity index (χ2v) is 5.36. The number of nitrogen functional groups attached to an aromatic ring is 1. The highest BCUT2D eigenvalue weighted by molar-refractivity contribution is 6.00. The zero-order valence-electron chi connectivity index (χ0n) is 13.2. The Hall–Kier alpha value is -2.30. The molecule has 0 aliphatic heterocycles. The minimum Gasteiger partial charge on any atom is -0.398 e. The minimum atomic E-state index is -0.326. The van der Waals surface area contributed by atoms with Crippen LogP contribution in [0.3, 0.4) is 0 Å². The summed E-state index contributed by atoms with van der Waals surface area (Å²) in [5.74, 6) is -0.326. The van der Waals surface area contributed by atoms with Crippen molar-refractivity contribution in [3.8, 4) is 0 Å². The minimum absolute atomic E-state index is 0.156. The van der Waals surface area contributed by atoms with Crippen LogP contribution < -0.4 is 16.5 Å². The fraction of sp³-hybridized carbons (Fsp3) is 0.412. The smallest absolute Gasteiger partial charge is 0.256 e. The van der Waals surface area contributed by atoms with Crippen LogP contribution in [0.15, 0.2) is 29.2 Å². The molecule has 0 aliphatic carbocycles. The van der Waals surface area contributed by atoms with Gasteiger partial charge in [-0.1, -0.05) is 25.8 Å². The molecule has 1 aromatic heterocycles. The van der Waals surface area contributed by atoms with Gasteiger partial charge in [-0.15, -0.1) is 0 Å². The Bertz CT molecular complexity index is 734. The zero-order valence-corrected chi connectivity index (χ0v) is 13.2. The van der Waals surface area contributed by atoms with Crippen molar-refractivity contribution in [2.75, 3.05) is 12.3 Å². The Morgan fingerprint density at radius 1 is 1.27 bits per heavy atom. The zero-order chi connectivity index (χ0) is 16.1. The number of unbranched alkanes of at least 4 members (excludes halogenated alkanes) is 2. The number of aromatic nitrogens is 1. The van der Waals surface area contributed by atoms with Crippen molar-refractivity contribution in [2.45, 2.75) is 39.7 Å². The van der Waals surface area contributed by atoms with Crippen LogP contribution in [0.5, 0.6) is 0 Å². The molecular weight excluding hydrogens is 278 g/mol. The number of hydrogen-bond acceptors (Lipinski definition) is 3. The normalized spacial score (nSPS) is 10.8. The maximum Gasteiger partial charge on any atom is 0.256 e. The molecule has 0 saturated heterocycles. The number of rotatable bonds is 6. The van der Waals surface area contributed by atoms with Crippen LogP contribution in [-0.4, -0.2) is 17.0 Å². The molecule has 118 valence electrons. The number of benzene rings is 1. The second-order valence-electron chi connectivity index (χ2n) is 5.36. The molecule has 0 fully saturated rings. The fourth-order valence-corrected chi connectivity index (χ4v) is 2.56. The molecule has 0 aliphatic rings. The van der Waals surface area contributed by atoms with Gasteiger partial charge in [0.05, 0.1) is 10.9 Å². The van der Waals surface area contributed by atoms with Crippen molar-refractivity contribution >= 4 is 22.5 Å². The predicted molar refractivity (Wildman–Crippen MR) is 90.2 cm³/mol. The highest BCUT2D eigenvalue weighted by atomic mass is 16.2. The van der Waals surface area contributed by atoms with Crippen LogP contribution in [0.4, 0.5) is 5.69 Å². The van der Waals surface area contributed by atoms with E-state index in [0.29, 0.717) is 24.2 Å². The summed E-state index contributed by atoms with van der Waals surface area (Å²) in [5, 5.41) is 3.24. The van der Waals surface area contributed by atoms with Crippen molar-refractivity contribution in [1.29, 1.82) is 0 Å². The summed E-state index contributed by atoms with van der Waals surface area (Å²) in [6, 6.07) is 5.35. The Kier molecular flexibility index (Phi) is 5.20. The van der Waals surface area contributed by atoms with Crippen molar-refractivity contribution < 1.29 is 4.79 Å². The van der Waals surface area contributed by atoms with E-state index < -0.39 is 0 Å². The lowest BCUT2D eigenvalue weighted by molar-refractivity contribution is 0.0951. The summed E-state index contributed by atoms with van der Waals surface area (Å²) in [6.07, 6.45) is 4.69. The molecule has 0 bridgehead atoms. The molecule has 1 amide bonds. The van der Waals surface area contributed by atoms with Gasteiger partial charge in [-0.2, -0.15) is 0 Å². The van der Waals surface area contributed by atoms with Gasteiger partial charge in [-0.05, 0) is 25.5 Å². The quantitative estimate of drug-likeness (QED) is 0.636. The van der Waals surface area contributed by atoms with Gasteiger partial charge >= 0.3 is 0 Å². The van der Waals surface area contributed by atoms with E-state index >= 15 is 0 Å². The first-order valence-electron chi connectivity index (χ1n) is 7.80. The van der Waals surface area contributed by atoms with Crippen molar-refractivity contribution in [3.05, 3.63) is 40.2 Å². The first-order valence-corrected chi connectivity index (χ1v) is 7.80. The third-order valence-corrected chi connectivity index (χ3v) is 3.79. The number of nitrogens with one attached hydrogen (secondary N) is 1. The Morgan fingerprint density at radius 2 is 2.05 bits per heavy atom. The number of aryl methyl sites for hydroxylation is 1. The van der Waals surface area contributed by atoms with E-state index in [0.717, 1.165) is 24.8 Å². The van der Waals surface area contributed by atoms with Gasteiger partial charge in [-0.25, -0.2) is 0 Å². The average molecular weight is 301 g/mol. The number of amides is 1. The molecule has 0 spiro atoms. The summed E-state index contributed by atoms with van der Waals surface area (Å²) >= 11 is 0. The average Bonchev–Trinajstić information content (AvgIpc) is 2.52. The molecule has 0 radical (unpaired) electrons. The van der Waals surface area contributed by atoms with E-state index in [1.165, 1.54) is 0 Å². The molecule has 0 unspecified atom stereocenters. The van der Waals surface area contributed by atoms with E-state index in [-0.39, 0.29) is 16.9 Å². The van der Waals surface area contributed by atoms with Crippen molar-refractivity contribution in [3.63, 3.8) is 0 Å². The van der Waals surface area contributed by atoms with Gasteiger partial charge in [-0.3, -0.25) is 9.59 Å². The van der Waals surface area contributed by atoms with Crippen LogP contribution in [0.25, 0.3) is 10.9 Å². The summed E-state index contributed by atoms with van der Waals surface area (Å²) in [6.45, 7) is 5.32. The lowest BCUT2D eigenvalue weighted by atomic mass is 10.1. The molecule has 22 heavy (non-hydrogen) atoms. The number of hydrogen-bond donors (Lipinski definition) is 2. The molecule has 0 saturated carbocycles. The number of nitrogens with two attached hydrogens (primary N) is 1. The molecule has 1 aromatic carbocycles. The van der Waals surface area contributed by atoms with Crippen LogP contribution >= 0.6 is 0 Å². The van der Waals surface area contributed by atoms with E-state index in [1.54, 1.807) is 12.3 Å². The van der Waals surface area contributed by atoms with Crippen LogP contribution in [0.2, 0.25) is 0 Å². The van der Waals surface area contributed by atoms with E-state index in [4.69, 9.17) is 5.73 Å². The summed E-state index contributed by atoms with van der Waals surface area (Å²) in [5.41, 5.74) is 6.97. The molecule has 3 N–H and O–H groups in total. The standard InChI is InChI=1S/C17H23N3O2/c1-3-5-6-10-19-17(22)12-11-20(4-2)14-9-7-8-13(18)15(14)16(12)21/h7-9,11H,3-6,10,18H2,1-2H3,(H,19,22). The lowest BCUT2D eigenvalue weighted by Crippen LogP contribution is -2.30. The topological polar surface area (TPSA) is 77.1 Å². The number of carbonyl (C=O) groups excluding carboxylic acids is 1. The molecule has 5 nitrogen and oxygen atoms in total. The van der Waals surface area contributed by atoms with Crippen LogP contribution in [0.1, 0.15) is 43.5 Å². The van der Waals surface area contributed by atoms with Crippen molar-refractivity contribution in [2.24, 2.45) is 0 Å². The van der Waals surface area contributed by atoms with E-state index in [1.807, 2.05) is 23.6 Å². The molecule has 0 atom stereocenters. The number of fused-ring (bicyclic) bond motifs is 1. The van der Waals surface area contributed by atoms with Gasteiger partial charge in [0.2, 0.25) is 5.43 Å². The van der Waals surface area contributed by atoms with E-state index in [2.05, 4.69) is 12.2 Å². The van der Waals surface area contributed by atoms with Crippen molar-refractivity contribution in [1.82, 2.24) is 9.88 Å². The third-order valence-electron chi connectivity index (χ3n) is 3.79. The molecule has 2 rings (SSSR count). The Morgan fingerprint density at radius 3 is 2.73 bits per heavy atom. The Balaban J connectivity index is 2.42. The number of nitrogens with zero attached hydrogens (tertiary/aromatic N) is 1. The SMILES string of the molecule is CCCCCNC(=O)c1cn(CC)c2cccc(N)c2c1=O. The first kappa shape index (κ1) is 16.1. The highest BCUT2D eigenvalue weighted by Gasteiger charge is 2.16. The van der Waals surface area contributed by atoms with Gasteiger partial charge in [0, 0.05) is 25.0 Å². The maximum absolute atomic E-state index is 12.6. The van der Waals surface area contributed by atoms with Gasteiger partial charge in [0.1, 0.15) is 5.56 Å². The van der Waals surface area contributed by atoms with E-state index in [9.17, 15) is 9.59 Å². The third kappa shape index (κ3) is 3.13. The Labute approximate surface area is 130 Å². The molecule has 5 heteroatoms. The molecule has 1 heterocycles. The van der Waals surface area contributed by atoms with Gasteiger partial charge in [0.25, 0.3) is 5.91 Å². The summed E-state index contributed by atoms with van der Waals surface area (Å²) < 4.78 is 1.88. The second kappa shape index (κ2) is 7.11. The summed E-state index contributed by atoms with van der Waals surface area (Å²) in [7, 11) is 0. The molecule has 2 aromatic rings. The monoisotopic (exact) mass is 301 g/mol. The largest absolute Gasteiger partial charge is 0.398 e. The van der Waals surface area contributed by atoms with Gasteiger partial charge < -0.3 is 15.6 Å². The maximum atomic E-state index is 12.6. The number of carbonyl (C=O) groups is 1. The lowest BCUT2D eigenvalue weighted by Gasteiger charge is -2.13. The van der Waals surface area contributed by atoms with Gasteiger partial charge in [0.15, 0.2) is 0 Å². The van der Waals surface area contributed by atoms with Crippen LogP contribution in [-0.2, 0) is 6.54 Å². The van der Waals surface area contributed by atoms with Crippen LogP contribution in [0, 0.1) is 0 Å².